The number of carbonyl (C=O) groups is 3. The van der Waals surface area contributed by atoms with Crippen molar-refractivity contribution < 1.29 is 32.8 Å². The molecule has 0 atom stereocenters. The summed E-state index contributed by atoms with van der Waals surface area (Å²) in [7, 11) is 1.49. The van der Waals surface area contributed by atoms with Gasteiger partial charge in [0, 0.05) is 5.56 Å². The summed E-state index contributed by atoms with van der Waals surface area (Å²) in [5.74, 6) is -2.46. The van der Waals surface area contributed by atoms with Crippen molar-refractivity contribution in [1.29, 1.82) is 0 Å². The van der Waals surface area contributed by atoms with Crippen LogP contribution in [0.4, 0.5) is 4.39 Å². The topological polar surface area (TPSA) is 120 Å². The van der Waals surface area contributed by atoms with Crippen LogP contribution in [0.3, 0.4) is 0 Å². The molecule has 0 fully saturated rings. The molecule has 0 unspecified atom stereocenters. The van der Waals surface area contributed by atoms with E-state index in [2.05, 4.69) is 16.0 Å². The highest BCUT2D eigenvalue weighted by Gasteiger charge is 2.27. The number of benzene rings is 2. The highest BCUT2D eigenvalue weighted by Crippen LogP contribution is 2.33. The number of rotatable bonds is 6. The van der Waals surface area contributed by atoms with E-state index in [1.54, 1.807) is 12.1 Å². The minimum Gasteiger partial charge on any atom is -0.497 e. The molecule has 9 nitrogen and oxygen atoms in total. The number of carbonyl (C=O) groups excluding carboxylic acids is 3. The molecule has 0 aliphatic carbocycles. The molecular formula is C21H17ClFN3O6. The first kappa shape index (κ1) is 22.8. The lowest BCUT2D eigenvalue weighted by Crippen LogP contribution is -2.43. The van der Waals surface area contributed by atoms with E-state index in [0.717, 1.165) is 6.07 Å². The SMILES string of the molecule is COc1ccc(C(=O)NNC(=O)COC(=O)c2c(-c3c(F)cccc3Cl)noc2C)cc1. The Bertz CT molecular complexity index is 1140. The molecule has 2 amide bonds. The van der Waals surface area contributed by atoms with Crippen LogP contribution in [0, 0.1) is 12.7 Å². The minimum absolute atomic E-state index is 0.0198. The van der Waals surface area contributed by atoms with Crippen molar-refractivity contribution in [2.24, 2.45) is 0 Å². The van der Waals surface area contributed by atoms with Gasteiger partial charge in [-0.1, -0.05) is 22.8 Å². The first-order chi connectivity index (χ1) is 15.3. The van der Waals surface area contributed by atoms with Crippen LogP contribution < -0.4 is 15.6 Å². The normalized spacial score (nSPS) is 10.4. The molecule has 166 valence electrons. The number of hydrogen-bond acceptors (Lipinski definition) is 7. The Morgan fingerprint density at radius 2 is 1.84 bits per heavy atom. The molecule has 0 spiro atoms. The number of hydrazine groups is 1. The number of aromatic nitrogens is 1. The maximum Gasteiger partial charge on any atom is 0.344 e. The maximum absolute atomic E-state index is 14.2. The van der Waals surface area contributed by atoms with E-state index >= 15 is 0 Å². The Hall–Kier alpha value is -3.92. The van der Waals surface area contributed by atoms with Crippen molar-refractivity contribution in [2.75, 3.05) is 13.7 Å². The number of nitrogens with zero attached hydrogens (tertiary/aromatic N) is 1. The van der Waals surface area contributed by atoms with E-state index in [4.69, 9.17) is 25.6 Å². The lowest BCUT2D eigenvalue weighted by molar-refractivity contribution is -0.125. The summed E-state index contributed by atoms with van der Waals surface area (Å²) in [6.07, 6.45) is 0. The zero-order valence-corrected chi connectivity index (χ0v) is 17.7. The standard InChI is InChI=1S/C21H17ClFN3O6/c1-11-17(19(26-32-11)18-14(22)4-3-5-15(18)23)21(29)31-10-16(27)24-25-20(28)12-6-8-13(30-2)9-7-12/h3-9H,10H2,1-2H3,(H,24,27)(H,25,28). The summed E-state index contributed by atoms with van der Waals surface area (Å²) in [4.78, 5) is 36.5. The van der Waals surface area contributed by atoms with Gasteiger partial charge in [0.1, 0.15) is 28.6 Å². The molecule has 0 aliphatic heterocycles. The second-order valence-electron chi connectivity index (χ2n) is 6.37. The number of amides is 2. The average Bonchev–Trinajstić information content (AvgIpc) is 3.16. The van der Waals surface area contributed by atoms with Gasteiger partial charge in [0.05, 0.1) is 17.7 Å². The average molecular weight is 462 g/mol. The summed E-state index contributed by atoms with van der Waals surface area (Å²) in [5, 5.41) is 3.71. The highest BCUT2D eigenvalue weighted by atomic mass is 35.5. The van der Waals surface area contributed by atoms with E-state index in [1.807, 2.05) is 0 Å². The number of aryl methyl sites for hydroxylation is 1. The molecule has 2 aromatic carbocycles. The van der Waals surface area contributed by atoms with Gasteiger partial charge in [-0.2, -0.15) is 0 Å². The summed E-state index contributed by atoms with van der Waals surface area (Å²) in [6, 6.07) is 10.2. The molecule has 0 saturated carbocycles. The summed E-state index contributed by atoms with van der Waals surface area (Å²) in [5.41, 5.74) is 4.13. The third-order valence-corrected chi connectivity index (χ3v) is 4.58. The monoisotopic (exact) mass is 461 g/mol. The fraction of sp³-hybridized carbons (Fsp3) is 0.143. The Balaban J connectivity index is 1.61. The molecule has 32 heavy (non-hydrogen) atoms. The zero-order valence-electron chi connectivity index (χ0n) is 16.9. The smallest absolute Gasteiger partial charge is 0.344 e. The Morgan fingerprint density at radius 3 is 2.50 bits per heavy atom. The van der Waals surface area contributed by atoms with Crippen LogP contribution in [-0.2, 0) is 9.53 Å². The van der Waals surface area contributed by atoms with Gasteiger partial charge in [-0.05, 0) is 43.3 Å². The van der Waals surface area contributed by atoms with Gasteiger partial charge in [0.2, 0.25) is 0 Å². The minimum atomic E-state index is -0.977. The molecular weight excluding hydrogens is 445 g/mol. The quantitative estimate of drug-likeness (QED) is 0.427. The van der Waals surface area contributed by atoms with Crippen LogP contribution in [-0.4, -0.2) is 36.7 Å². The van der Waals surface area contributed by atoms with Crippen molar-refractivity contribution in [2.45, 2.75) is 6.92 Å². The third kappa shape index (κ3) is 5.03. The van der Waals surface area contributed by atoms with Crippen molar-refractivity contribution in [3.63, 3.8) is 0 Å². The van der Waals surface area contributed by atoms with E-state index < -0.39 is 30.2 Å². The van der Waals surface area contributed by atoms with Crippen molar-refractivity contribution in [3.05, 3.63) is 70.2 Å². The summed E-state index contributed by atoms with van der Waals surface area (Å²) in [6.45, 7) is 0.702. The highest BCUT2D eigenvalue weighted by molar-refractivity contribution is 6.33. The first-order valence-electron chi connectivity index (χ1n) is 9.12. The summed E-state index contributed by atoms with van der Waals surface area (Å²) >= 11 is 6.03. The Morgan fingerprint density at radius 1 is 1.12 bits per heavy atom. The molecule has 11 heteroatoms. The van der Waals surface area contributed by atoms with Gasteiger partial charge < -0.3 is 14.0 Å². The maximum atomic E-state index is 14.2. The van der Waals surface area contributed by atoms with Gasteiger partial charge in [-0.15, -0.1) is 0 Å². The number of hydrogen-bond donors (Lipinski definition) is 2. The lowest BCUT2D eigenvalue weighted by atomic mass is 10.1. The van der Waals surface area contributed by atoms with E-state index in [-0.39, 0.29) is 33.2 Å². The molecule has 2 N–H and O–H groups in total. The van der Waals surface area contributed by atoms with Crippen LogP contribution in [0.1, 0.15) is 26.5 Å². The second kappa shape index (κ2) is 9.92. The third-order valence-electron chi connectivity index (χ3n) is 4.27. The van der Waals surface area contributed by atoms with Gasteiger partial charge in [0.25, 0.3) is 11.8 Å². The van der Waals surface area contributed by atoms with Crippen molar-refractivity contribution in [1.82, 2.24) is 16.0 Å². The molecule has 1 aromatic heterocycles. The van der Waals surface area contributed by atoms with Gasteiger partial charge >= 0.3 is 5.97 Å². The molecule has 0 radical (unpaired) electrons. The molecule has 0 bridgehead atoms. The largest absolute Gasteiger partial charge is 0.497 e. The van der Waals surface area contributed by atoms with Crippen LogP contribution in [0.2, 0.25) is 5.02 Å². The van der Waals surface area contributed by atoms with Crippen LogP contribution >= 0.6 is 11.6 Å². The van der Waals surface area contributed by atoms with Crippen molar-refractivity contribution >= 4 is 29.4 Å². The number of ether oxygens (including phenoxy) is 2. The lowest BCUT2D eigenvalue weighted by Gasteiger charge is -2.09. The van der Waals surface area contributed by atoms with Gasteiger partial charge in [-0.3, -0.25) is 20.4 Å². The van der Waals surface area contributed by atoms with Gasteiger partial charge in [0.15, 0.2) is 6.61 Å². The van der Waals surface area contributed by atoms with Crippen LogP contribution in [0.5, 0.6) is 5.75 Å². The van der Waals surface area contributed by atoms with Crippen LogP contribution in [0.15, 0.2) is 47.0 Å². The van der Waals surface area contributed by atoms with Crippen LogP contribution in [0.25, 0.3) is 11.3 Å². The number of halogens is 2. The van der Waals surface area contributed by atoms with Gasteiger partial charge in [-0.25, -0.2) is 9.18 Å². The zero-order chi connectivity index (χ0) is 23.3. The number of methoxy groups -OCH3 is 1. The second-order valence-corrected chi connectivity index (χ2v) is 6.77. The first-order valence-corrected chi connectivity index (χ1v) is 9.50. The Kier molecular flexibility index (Phi) is 7.06. The molecule has 0 saturated heterocycles. The molecule has 1 heterocycles. The number of esters is 1. The fourth-order valence-electron chi connectivity index (χ4n) is 2.69. The fourth-order valence-corrected chi connectivity index (χ4v) is 2.94. The van der Waals surface area contributed by atoms with E-state index in [9.17, 15) is 18.8 Å². The predicted molar refractivity (Wildman–Crippen MR) is 111 cm³/mol. The van der Waals surface area contributed by atoms with E-state index in [1.165, 1.54) is 38.3 Å². The van der Waals surface area contributed by atoms with Crippen molar-refractivity contribution in [3.8, 4) is 17.0 Å². The Labute approximate surface area is 186 Å². The molecule has 0 aliphatic rings. The predicted octanol–water partition coefficient (Wildman–Crippen LogP) is 3.07. The summed E-state index contributed by atoms with van der Waals surface area (Å²) < 4.78 is 29.2. The van der Waals surface area contributed by atoms with E-state index in [0.29, 0.717) is 5.75 Å². The molecule has 3 aromatic rings. The molecule has 3 rings (SSSR count). The number of nitrogens with one attached hydrogen (secondary N) is 2.